The lowest BCUT2D eigenvalue weighted by molar-refractivity contribution is 0.222. The van der Waals surface area contributed by atoms with Crippen molar-refractivity contribution in [2.45, 2.75) is 6.04 Å². The van der Waals surface area contributed by atoms with E-state index in [9.17, 15) is 8.78 Å². The fourth-order valence-corrected chi connectivity index (χ4v) is 3.04. The number of nitrogens with two attached hydrogens (primary N) is 1. The number of nitrogens with zero attached hydrogens (tertiary/aromatic N) is 1. The van der Waals surface area contributed by atoms with E-state index in [-0.39, 0.29) is 6.04 Å². The number of rotatable bonds is 3. The molecule has 1 aromatic carbocycles. The summed E-state index contributed by atoms with van der Waals surface area (Å²) in [5.41, 5.74) is 6.52. The molecule has 1 heterocycles. The first-order chi connectivity index (χ1) is 8.22. The first-order valence-electron chi connectivity index (χ1n) is 5.69. The van der Waals surface area contributed by atoms with Gasteiger partial charge >= 0.3 is 0 Å². The zero-order chi connectivity index (χ0) is 12.3. The average Bonchev–Trinajstić information content (AvgIpc) is 2.36. The molecule has 17 heavy (non-hydrogen) atoms. The monoisotopic (exact) mass is 258 g/mol. The van der Waals surface area contributed by atoms with Crippen molar-refractivity contribution in [2.75, 3.05) is 31.1 Å². The van der Waals surface area contributed by atoms with Gasteiger partial charge in [0.15, 0.2) is 11.6 Å². The fraction of sp³-hybridized carbons (Fsp3) is 0.500. The molecule has 0 saturated carbocycles. The Labute approximate surface area is 104 Å². The van der Waals surface area contributed by atoms with E-state index in [1.807, 2.05) is 11.8 Å². The summed E-state index contributed by atoms with van der Waals surface area (Å²) in [6.07, 6.45) is 0. The van der Waals surface area contributed by atoms with Gasteiger partial charge in [0.25, 0.3) is 0 Å². The second-order valence-electron chi connectivity index (χ2n) is 4.07. The molecule has 0 bridgehead atoms. The van der Waals surface area contributed by atoms with Gasteiger partial charge in [-0.3, -0.25) is 4.90 Å². The van der Waals surface area contributed by atoms with Crippen molar-refractivity contribution in [1.82, 2.24) is 4.90 Å². The van der Waals surface area contributed by atoms with Crippen molar-refractivity contribution in [3.05, 3.63) is 35.4 Å². The Balaban J connectivity index is 2.18. The van der Waals surface area contributed by atoms with Gasteiger partial charge in [-0.25, -0.2) is 8.78 Å². The minimum Gasteiger partial charge on any atom is -0.329 e. The number of thioether (sulfide) groups is 1. The summed E-state index contributed by atoms with van der Waals surface area (Å²) in [5.74, 6) is 0.534. The molecule has 0 aliphatic carbocycles. The number of benzene rings is 1. The molecule has 94 valence electrons. The predicted octanol–water partition coefficient (Wildman–Crippen LogP) is 2.01. The first kappa shape index (κ1) is 12.8. The van der Waals surface area contributed by atoms with Crippen LogP contribution in [-0.4, -0.2) is 36.0 Å². The van der Waals surface area contributed by atoms with Gasteiger partial charge < -0.3 is 5.73 Å². The number of hydrogen-bond acceptors (Lipinski definition) is 3. The molecule has 0 aromatic heterocycles. The van der Waals surface area contributed by atoms with E-state index in [2.05, 4.69) is 4.90 Å². The highest BCUT2D eigenvalue weighted by molar-refractivity contribution is 7.99. The SMILES string of the molecule is NCC(c1ccc(F)c(F)c1)N1CCSCC1. The van der Waals surface area contributed by atoms with Crippen LogP contribution in [0.1, 0.15) is 11.6 Å². The molecule has 5 heteroatoms. The molecule has 2 N–H and O–H groups in total. The van der Waals surface area contributed by atoms with Gasteiger partial charge in [0.05, 0.1) is 0 Å². The lowest BCUT2D eigenvalue weighted by Gasteiger charge is -2.33. The summed E-state index contributed by atoms with van der Waals surface area (Å²) in [4.78, 5) is 2.24. The van der Waals surface area contributed by atoms with E-state index in [0.29, 0.717) is 6.54 Å². The van der Waals surface area contributed by atoms with E-state index in [1.54, 1.807) is 6.07 Å². The third-order valence-corrected chi connectivity index (χ3v) is 3.98. The topological polar surface area (TPSA) is 29.3 Å². The third kappa shape index (κ3) is 2.97. The molecule has 1 aliphatic rings. The van der Waals surface area contributed by atoms with E-state index >= 15 is 0 Å². The Morgan fingerprint density at radius 2 is 1.94 bits per heavy atom. The van der Waals surface area contributed by atoms with Gasteiger partial charge in [0.2, 0.25) is 0 Å². The minimum atomic E-state index is -0.807. The van der Waals surface area contributed by atoms with Gasteiger partial charge in [-0.15, -0.1) is 0 Å². The van der Waals surface area contributed by atoms with Crippen LogP contribution in [0.25, 0.3) is 0 Å². The Kier molecular flexibility index (Phi) is 4.36. The highest BCUT2D eigenvalue weighted by atomic mass is 32.2. The molecule has 1 fully saturated rings. The normalized spacial score (nSPS) is 19.2. The molecule has 1 unspecified atom stereocenters. The van der Waals surface area contributed by atoms with Crippen molar-refractivity contribution in [1.29, 1.82) is 0 Å². The van der Waals surface area contributed by atoms with Crippen LogP contribution in [0.2, 0.25) is 0 Å². The lowest BCUT2D eigenvalue weighted by Crippen LogP contribution is -2.39. The maximum Gasteiger partial charge on any atom is 0.159 e. The summed E-state index contributed by atoms with van der Waals surface area (Å²) in [6.45, 7) is 2.33. The van der Waals surface area contributed by atoms with Crippen molar-refractivity contribution in [2.24, 2.45) is 5.73 Å². The largest absolute Gasteiger partial charge is 0.329 e. The molecule has 2 rings (SSSR count). The van der Waals surface area contributed by atoms with Gasteiger partial charge in [-0.2, -0.15) is 11.8 Å². The van der Waals surface area contributed by atoms with Crippen molar-refractivity contribution < 1.29 is 8.78 Å². The molecule has 1 aliphatic heterocycles. The van der Waals surface area contributed by atoms with E-state index in [1.165, 1.54) is 12.1 Å². The van der Waals surface area contributed by atoms with Crippen LogP contribution in [0.3, 0.4) is 0 Å². The molecule has 0 spiro atoms. The highest BCUT2D eigenvalue weighted by Crippen LogP contribution is 2.24. The molecule has 2 nitrogen and oxygen atoms in total. The summed E-state index contributed by atoms with van der Waals surface area (Å²) in [7, 11) is 0. The zero-order valence-corrected chi connectivity index (χ0v) is 10.4. The summed E-state index contributed by atoms with van der Waals surface area (Å²) in [6, 6.07) is 4.05. The highest BCUT2D eigenvalue weighted by Gasteiger charge is 2.21. The molecule has 1 atom stereocenters. The summed E-state index contributed by atoms with van der Waals surface area (Å²) in [5, 5.41) is 0. The maximum absolute atomic E-state index is 13.2. The number of halogens is 2. The molecule has 0 radical (unpaired) electrons. The number of hydrogen-bond donors (Lipinski definition) is 1. The zero-order valence-electron chi connectivity index (χ0n) is 9.53. The van der Waals surface area contributed by atoms with E-state index in [4.69, 9.17) is 5.73 Å². The Morgan fingerprint density at radius 3 is 2.53 bits per heavy atom. The van der Waals surface area contributed by atoms with Crippen LogP contribution in [0, 0.1) is 11.6 Å². The van der Waals surface area contributed by atoms with Crippen LogP contribution < -0.4 is 5.73 Å². The summed E-state index contributed by atoms with van der Waals surface area (Å²) < 4.78 is 26.1. The van der Waals surface area contributed by atoms with Gasteiger partial charge in [0.1, 0.15) is 0 Å². The predicted molar refractivity (Wildman–Crippen MR) is 67.1 cm³/mol. The van der Waals surface area contributed by atoms with Crippen LogP contribution >= 0.6 is 11.8 Å². The van der Waals surface area contributed by atoms with Crippen LogP contribution in [-0.2, 0) is 0 Å². The minimum absolute atomic E-state index is 0.00833. The van der Waals surface area contributed by atoms with Gasteiger partial charge in [-0.05, 0) is 17.7 Å². The van der Waals surface area contributed by atoms with Crippen LogP contribution in [0.15, 0.2) is 18.2 Å². The van der Waals surface area contributed by atoms with Crippen molar-refractivity contribution in [3.63, 3.8) is 0 Å². The fourth-order valence-electron chi connectivity index (χ4n) is 2.10. The molecular weight excluding hydrogens is 242 g/mol. The van der Waals surface area contributed by atoms with E-state index in [0.717, 1.165) is 30.2 Å². The first-order valence-corrected chi connectivity index (χ1v) is 6.84. The molecule has 1 aromatic rings. The molecule has 0 amide bonds. The van der Waals surface area contributed by atoms with Gasteiger partial charge in [0, 0.05) is 37.2 Å². The van der Waals surface area contributed by atoms with Crippen LogP contribution in [0.5, 0.6) is 0 Å². The maximum atomic E-state index is 13.2. The quantitative estimate of drug-likeness (QED) is 0.899. The standard InChI is InChI=1S/C12H16F2N2S/c13-10-2-1-9(7-11(10)14)12(8-15)16-3-5-17-6-4-16/h1-2,7,12H,3-6,8,15H2. The molecular formula is C12H16F2N2S. The average molecular weight is 258 g/mol. The Hall–Kier alpha value is -0.650. The third-order valence-electron chi connectivity index (χ3n) is 3.04. The van der Waals surface area contributed by atoms with Crippen LogP contribution in [0.4, 0.5) is 8.78 Å². The smallest absolute Gasteiger partial charge is 0.159 e. The van der Waals surface area contributed by atoms with Gasteiger partial charge in [-0.1, -0.05) is 6.07 Å². The second-order valence-corrected chi connectivity index (χ2v) is 5.30. The second kappa shape index (κ2) is 5.80. The van der Waals surface area contributed by atoms with E-state index < -0.39 is 11.6 Å². The lowest BCUT2D eigenvalue weighted by atomic mass is 10.0. The Morgan fingerprint density at radius 1 is 1.24 bits per heavy atom. The Bertz CT molecular complexity index is 381. The van der Waals surface area contributed by atoms with Crippen molar-refractivity contribution >= 4 is 11.8 Å². The van der Waals surface area contributed by atoms with Crippen molar-refractivity contribution in [3.8, 4) is 0 Å². The molecule has 1 saturated heterocycles. The summed E-state index contributed by atoms with van der Waals surface area (Å²) >= 11 is 1.91.